The molecule has 0 spiro atoms. The highest BCUT2D eigenvalue weighted by atomic mass is 16.2. The van der Waals surface area contributed by atoms with Gasteiger partial charge in [-0.3, -0.25) is 4.79 Å². The van der Waals surface area contributed by atoms with Crippen molar-refractivity contribution in [2.75, 3.05) is 19.6 Å². The van der Waals surface area contributed by atoms with Gasteiger partial charge in [-0.2, -0.15) is 0 Å². The summed E-state index contributed by atoms with van der Waals surface area (Å²) >= 11 is 0. The Kier molecular flexibility index (Phi) is 6.07. The molecule has 1 unspecified atom stereocenters. The molecule has 6 nitrogen and oxygen atoms in total. The molecule has 2 N–H and O–H groups in total. The lowest BCUT2D eigenvalue weighted by molar-refractivity contribution is -0.133. The Morgan fingerprint density at radius 3 is 2.87 bits per heavy atom. The van der Waals surface area contributed by atoms with Crippen LogP contribution in [0, 0.1) is 5.92 Å². The van der Waals surface area contributed by atoms with Gasteiger partial charge in [-0.1, -0.05) is 13.8 Å². The fraction of sp³-hybridized carbons (Fsp3) is 0.647. The van der Waals surface area contributed by atoms with Crippen molar-refractivity contribution in [1.82, 2.24) is 20.1 Å². The molecule has 1 aliphatic heterocycles. The van der Waals surface area contributed by atoms with Gasteiger partial charge in [-0.25, -0.2) is 4.99 Å². The zero-order chi connectivity index (χ0) is 16.8. The number of nitrogens with one attached hydrogen (secondary N) is 2. The van der Waals surface area contributed by atoms with Crippen molar-refractivity contribution in [2.24, 2.45) is 18.0 Å². The Morgan fingerprint density at radius 1 is 1.48 bits per heavy atom. The monoisotopic (exact) mass is 319 g/mol. The average molecular weight is 319 g/mol. The summed E-state index contributed by atoms with van der Waals surface area (Å²) in [5, 5.41) is 6.74. The Morgan fingerprint density at radius 2 is 2.26 bits per heavy atom. The molecular weight excluding hydrogens is 290 g/mol. The van der Waals surface area contributed by atoms with Crippen LogP contribution in [0.4, 0.5) is 0 Å². The molecule has 23 heavy (non-hydrogen) atoms. The lowest BCUT2D eigenvalue weighted by Gasteiger charge is -2.20. The number of hydrogen-bond acceptors (Lipinski definition) is 2. The average Bonchev–Trinajstić information content (AvgIpc) is 3.13. The van der Waals surface area contributed by atoms with E-state index in [0.717, 1.165) is 32.0 Å². The summed E-state index contributed by atoms with van der Waals surface area (Å²) in [7, 11) is 2.01. The number of guanidine groups is 1. The van der Waals surface area contributed by atoms with Gasteiger partial charge in [0.1, 0.15) is 0 Å². The fourth-order valence-corrected chi connectivity index (χ4v) is 2.78. The van der Waals surface area contributed by atoms with Gasteiger partial charge in [0.2, 0.25) is 5.91 Å². The van der Waals surface area contributed by atoms with Crippen molar-refractivity contribution in [3.8, 4) is 0 Å². The number of hydrogen-bond donors (Lipinski definition) is 2. The van der Waals surface area contributed by atoms with E-state index in [1.54, 1.807) is 0 Å². The Balaban J connectivity index is 1.90. The van der Waals surface area contributed by atoms with Crippen LogP contribution >= 0.6 is 0 Å². The van der Waals surface area contributed by atoms with Gasteiger partial charge in [0.15, 0.2) is 5.96 Å². The van der Waals surface area contributed by atoms with Crippen LogP contribution < -0.4 is 10.6 Å². The summed E-state index contributed by atoms with van der Waals surface area (Å²) in [6.07, 6.45) is 5.07. The minimum atomic E-state index is 0.0636. The van der Waals surface area contributed by atoms with Crippen LogP contribution in [-0.2, 0) is 18.4 Å². The van der Waals surface area contributed by atoms with Crippen molar-refractivity contribution < 1.29 is 4.79 Å². The number of aliphatic imine (C=N–C) groups is 1. The second-order valence-corrected chi connectivity index (χ2v) is 6.45. The first-order chi connectivity index (χ1) is 11.0. The van der Waals surface area contributed by atoms with Gasteiger partial charge in [0, 0.05) is 51.0 Å². The molecule has 0 radical (unpaired) electrons. The molecule has 128 valence electrons. The van der Waals surface area contributed by atoms with Crippen LogP contribution in [0.15, 0.2) is 23.5 Å². The van der Waals surface area contributed by atoms with Gasteiger partial charge in [-0.15, -0.1) is 0 Å². The molecule has 0 bridgehead atoms. The molecule has 1 saturated heterocycles. The first-order valence-corrected chi connectivity index (χ1v) is 8.44. The third kappa shape index (κ3) is 5.01. The molecule has 1 aromatic rings. The number of rotatable bonds is 5. The molecule has 0 aromatic carbocycles. The molecule has 2 rings (SSSR count). The van der Waals surface area contributed by atoms with Gasteiger partial charge < -0.3 is 20.1 Å². The highest BCUT2D eigenvalue weighted by Gasteiger charge is 2.27. The number of nitrogens with zero attached hydrogens (tertiary/aromatic N) is 3. The molecule has 6 heteroatoms. The zero-order valence-electron chi connectivity index (χ0n) is 14.7. The predicted molar refractivity (Wildman–Crippen MR) is 93.2 cm³/mol. The third-order valence-electron chi connectivity index (χ3n) is 3.99. The lowest BCUT2D eigenvalue weighted by Crippen LogP contribution is -2.45. The third-order valence-corrected chi connectivity index (χ3v) is 3.99. The standard InChI is InChI=1S/C17H29N5O/c1-5-18-17(19-10-14-6-8-21(4)11-14)20-15-7-9-22(12-15)16(23)13(2)3/h6,8,11,13,15H,5,7,9-10,12H2,1-4H3,(H2,18,19,20). The van der Waals surface area contributed by atoms with E-state index >= 15 is 0 Å². The van der Waals surface area contributed by atoms with Crippen molar-refractivity contribution in [3.63, 3.8) is 0 Å². The van der Waals surface area contributed by atoms with Gasteiger partial charge in [0.05, 0.1) is 6.54 Å². The summed E-state index contributed by atoms with van der Waals surface area (Å²) < 4.78 is 2.03. The summed E-state index contributed by atoms with van der Waals surface area (Å²) in [5.74, 6) is 1.12. The molecule has 1 aliphatic rings. The fourth-order valence-electron chi connectivity index (χ4n) is 2.78. The van der Waals surface area contributed by atoms with Crippen LogP contribution in [-0.4, -0.2) is 47.0 Å². The topological polar surface area (TPSA) is 61.7 Å². The van der Waals surface area contributed by atoms with E-state index in [1.807, 2.05) is 36.6 Å². The minimum Gasteiger partial charge on any atom is -0.357 e. The minimum absolute atomic E-state index is 0.0636. The summed E-state index contributed by atoms with van der Waals surface area (Å²) in [6.45, 7) is 9.02. The second kappa shape index (κ2) is 8.04. The maximum absolute atomic E-state index is 12.1. The molecular formula is C17H29N5O. The smallest absolute Gasteiger partial charge is 0.225 e. The summed E-state index contributed by atoms with van der Waals surface area (Å²) in [6, 6.07) is 2.34. The summed E-state index contributed by atoms with van der Waals surface area (Å²) in [5.41, 5.74) is 1.19. The van der Waals surface area contributed by atoms with Gasteiger partial charge >= 0.3 is 0 Å². The molecule has 1 amide bonds. The van der Waals surface area contributed by atoms with E-state index in [2.05, 4.69) is 34.8 Å². The SMILES string of the molecule is CCNC(=NCc1ccn(C)c1)NC1CCN(C(=O)C(C)C)C1. The Labute approximate surface area is 139 Å². The molecule has 1 fully saturated rings. The Hall–Kier alpha value is -1.98. The molecule has 2 heterocycles. The van der Waals surface area contributed by atoms with Crippen molar-refractivity contribution in [1.29, 1.82) is 0 Å². The van der Waals surface area contributed by atoms with Crippen molar-refractivity contribution in [3.05, 3.63) is 24.0 Å². The summed E-state index contributed by atoms with van der Waals surface area (Å²) in [4.78, 5) is 18.7. The van der Waals surface area contributed by atoms with Crippen LogP contribution in [0.5, 0.6) is 0 Å². The van der Waals surface area contributed by atoms with E-state index in [-0.39, 0.29) is 17.9 Å². The van der Waals surface area contributed by atoms with Crippen LogP contribution in [0.2, 0.25) is 0 Å². The quantitative estimate of drug-likeness (QED) is 0.636. The normalized spacial score (nSPS) is 18.6. The molecule has 0 aliphatic carbocycles. The van der Waals surface area contributed by atoms with Gasteiger partial charge in [-0.05, 0) is 25.0 Å². The number of carbonyl (C=O) groups is 1. The van der Waals surface area contributed by atoms with E-state index in [0.29, 0.717) is 6.54 Å². The highest BCUT2D eigenvalue weighted by Crippen LogP contribution is 2.12. The first kappa shape index (κ1) is 17.4. The van der Waals surface area contributed by atoms with Crippen LogP contribution in [0.3, 0.4) is 0 Å². The zero-order valence-corrected chi connectivity index (χ0v) is 14.7. The Bertz CT molecular complexity index is 549. The van der Waals surface area contributed by atoms with E-state index in [9.17, 15) is 4.79 Å². The number of aryl methyl sites for hydroxylation is 1. The lowest BCUT2D eigenvalue weighted by atomic mass is 10.2. The highest BCUT2D eigenvalue weighted by molar-refractivity contribution is 5.81. The van der Waals surface area contributed by atoms with Crippen LogP contribution in [0.1, 0.15) is 32.8 Å². The number of amides is 1. The van der Waals surface area contributed by atoms with E-state index in [1.165, 1.54) is 5.56 Å². The van der Waals surface area contributed by atoms with Crippen molar-refractivity contribution in [2.45, 2.75) is 39.8 Å². The molecule has 1 aromatic heterocycles. The van der Waals surface area contributed by atoms with Gasteiger partial charge in [0.25, 0.3) is 0 Å². The number of likely N-dealkylation sites (tertiary alicyclic amines) is 1. The number of aromatic nitrogens is 1. The maximum Gasteiger partial charge on any atom is 0.225 e. The number of carbonyl (C=O) groups excluding carboxylic acids is 1. The predicted octanol–water partition coefficient (Wildman–Crippen LogP) is 1.34. The molecule has 1 atom stereocenters. The van der Waals surface area contributed by atoms with E-state index in [4.69, 9.17) is 0 Å². The van der Waals surface area contributed by atoms with E-state index < -0.39 is 0 Å². The largest absolute Gasteiger partial charge is 0.357 e. The first-order valence-electron chi connectivity index (χ1n) is 8.44. The van der Waals surface area contributed by atoms with Crippen LogP contribution in [0.25, 0.3) is 0 Å². The van der Waals surface area contributed by atoms with Crippen molar-refractivity contribution >= 4 is 11.9 Å². The molecule has 0 saturated carbocycles. The second-order valence-electron chi connectivity index (χ2n) is 6.45. The maximum atomic E-state index is 12.1.